The van der Waals surface area contributed by atoms with Crippen molar-refractivity contribution in [1.82, 2.24) is 5.32 Å². The number of ether oxygens (including phenoxy) is 1. The molecule has 8 heteroatoms. The summed E-state index contributed by atoms with van der Waals surface area (Å²) in [5.74, 6) is 0.371. The van der Waals surface area contributed by atoms with Crippen LogP contribution in [0.5, 0.6) is 5.75 Å². The molecular formula is C18H13BrCl2N2O2S. The van der Waals surface area contributed by atoms with E-state index in [4.69, 9.17) is 27.9 Å². The summed E-state index contributed by atoms with van der Waals surface area (Å²) in [6.07, 6.45) is 1.72. The molecule has 0 atom stereocenters. The number of carbonyl (C=O) groups excluding carboxylic acids is 1. The van der Waals surface area contributed by atoms with E-state index in [1.165, 1.54) is 11.8 Å². The largest absolute Gasteiger partial charge is 0.495 e. The number of nitrogens with one attached hydrogen (secondary N) is 1. The fraction of sp³-hybridized carbons (Fsp3) is 0.111. The maximum atomic E-state index is 12.3. The van der Waals surface area contributed by atoms with Crippen molar-refractivity contribution in [2.45, 2.75) is 6.92 Å². The number of thioether (sulfide) groups is 1. The molecule has 1 heterocycles. The maximum absolute atomic E-state index is 12.3. The zero-order chi connectivity index (χ0) is 18.8. The third-order valence-corrected chi connectivity index (χ3v) is 5.69. The van der Waals surface area contributed by atoms with E-state index in [1.807, 2.05) is 19.1 Å². The van der Waals surface area contributed by atoms with E-state index in [2.05, 4.69) is 26.2 Å². The third-order valence-electron chi connectivity index (χ3n) is 3.56. The van der Waals surface area contributed by atoms with Crippen LogP contribution in [-0.4, -0.2) is 18.2 Å². The predicted molar refractivity (Wildman–Crippen MR) is 113 cm³/mol. The van der Waals surface area contributed by atoms with Gasteiger partial charge in [-0.3, -0.25) is 4.79 Å². The van der Waals surface area contributed by atoms with Gasteiger partial charge in [-0.25, -0.2) is 4.99 Å². The summed E-state index contributed by atoms with van der Waals surface area (Å²) in [6.45, 7) is 1.92. The molecular weight excluding hydrogens is 459 g/mol. The quantitative estimate of drug-likeness (QED) is 0.561. The second-order valence-corrected chi connectivity index (χ2v) is 8.15. The van der Waals surface area contributed by atoms with Gasteiger partial charge >= 0.3 is 0 Å². The van der Waals surface area contributed by atoms with Crippen LogP contribution in [0.2, 0.25) is 10.0 Å². The lowest BCUT2D eigenvalue weighted by molar-refractivity contribution is -0.115. The SMILES string of the molecule is COc1c(Br)cc(Cl)cc1C=C1SC(=Nc2ccc(C)c(Cl)c2)NC1=O. The Bertz CT molecular complexity index is 960. The number of aliphatic imine (C=N–C) groups is 1. The Morgan fingerprint density at radius 2 is 2.04 bits per heavy atom. The highest BCUT2D eigenvalue weighted by Crippen LogP contribution is 2.36. The minimum Gasteiger partial charge on any atom is -0.495 e. The van der Waals surface area contributed by atoms with Crippen molar-refractivity contribution in [2.75, 3.05) is 7.11 Å². The summed E-state index contributed by atoms with van der Waals surface area (Å²) in [5, 5.41) is 4.41. The van der Waals surface area contributed by atoms with Gasteiger partial charge in [-0.15, -0.1) is 0 Å². The summed E-state index contributed by atoms with van der Waals surface area (Å²) in [5.41, 5.74) is 2.34. The van der Waals surface area contributed by atoms with Crippen LogP contribution in [0.15, 0.2) is 44.7 Å². The van der Waals surface area contributed by atoms with Gasteiger partial charge in [-0.05, 0) is 70.5 Å². The van der Waals surface area contributed by atoms with Crippen molar-refractivity contribution in [1.29, 1.82) is 0 Å². The molecule has 0 aliphatic carbocycles. The molecule has 0 radical (unpaired) electrons. The third kappa shape index (κ3) is 4.26. The molecule has 1 N–H and O–H groups in total. The average Bonchev–Trinajstić information content (AvgIpc) is 2.90. The zero-order valence-corrected chi connectivity index (χ0v) is 17.7. The lowest BCUT2D eigenvalue weighted by atomic mass is 10.2. The average molecular weight is 472 g/mol. The first-order valence-corrected chi connectivity index (χ1v) is 9.82. The predicted octanol–water partition coefficient (Wildman–Crippen LogP) is 5.96. The van der Waals surface area contributed by atoms with E-state index < -0.39 is 0 Å². The first-order chi connectivity index (χ1) is 12.4. The number of benzene rings is 2. The van der Waals surface area contributed by atoms with Crippen LogP contribution < -0.4 is 10.1 Å². The molecule has 2 aromatic rings. The molecule has 0 aromatic heterocycles. The van der Waals surface area contributed by atoms with E-state index in [9.17, 15) is 4.79 Å². The maximum Gasteiger partial charge on any atom is 0.264 e. The first kappa shape index (κ1) is 19.3. The molecule has 0 bridgehead atoms. The second kappa shape index (κ2) is 8.05. The van der Waals surface area contributed by atoms with E-state index in [-0.39, 0.29) is 5.91 Å². The Labute approximate surface area is 173 Å². The standard InChI is InChI=1S/C18H13BrCl2N2O2S/c1-9-3-4-12(8-14(9)21)22-18-23-17(24)15(26-18)6-10-5-11(20)7-13(19)16(10)25-2/h3-8H,1-2H3,(H,22,23,24). The Balaban J connectivity index is 1.92. The van der Waals surface area contributed by atoms with E-state index in [1.54, 1.807) is 31.4 Å². The van der Waals surface area contributed by atoms with Gasteiger partial charge in [0, 0.05) is 15.6 Å². The van der Waals surface area contributed by atoms with Crippen LogP contribution in [0.3, 0.4) is 0 Å². The number of aryl methyl sites for hydroxylation is 1. The first-order valence-electron chi connectivity index (χ1n) is 7.46. The molecule has 4 nitrogen and oxygen atoms in total. The number of methoxy groups -OCH3 is 1. The molecule has 134 valence electrons. The van der Waals surface area contributed by atoms with Crippen molar-refractivity contribution < 1.29 is 9.53 Å². The van der Waals surface area contributed by atoms with Crippen molar-refractivity contribution in [3.63, 3.8) is 0 Å². The van der Waals surface area contributed by atoms with E-state index in [0.717, 1.165) is 5.56 Å². The monoisotopic (exact) mass is 470 g/mol. The Morgan fingerprint density at radius 1 is 1.27 bits per heavy atom. The number of amides is 1. The molecule has 2 aromatic carbocycles. The highest BCUT2D eigenvalue weighted by Gasteiger charge is 2.24. The minimum absolute atomic E-state index is 0.231. The fourth-order valence-electron chi connectivity index (χ4n) is 2.29. The van der Waals surface area contributed by atoms with Gasteiger partial charge in [0.15, 0.2) is 5.17 Å². The zero-order valence-electron chi connectivity index (χ0n) is 13.8. The highest BCUT2D eigenvalue weighted by atomic mass is 79.9. The number of carbonyl (C=O) groups is 1. The number of hydrogen-bond acceptors (Lipinski definition) is 4. The van der Waals surface area contributed by atoms with Crippen molar-refractivity contribution in [3.8, 4) is 5.75 Å². The van der Waals surface area contributed by atoms with Gasteiger partial charge in [0.05, 0.1) is 22.2 Å². The Hall–Kier alpha value is -1.47. The van der Waals surface area contributed by atoms with Gasteiger partial charge in [0.1, 0.15) is 5.75 Å². The van der Waals surface area contributed by atoms with Crippen LogP contribution in [-0.2, 0) is 4.79 Å². The van der Waals surface area contributed by atoms with E-state index in [0.29, 0.717) is 41.6 Å². The summed E-state index contributed by atoms with van der Waals surface area (Å²) >= 11 is 16.9. The number of hydrogen-bond donors (Lipinski definition) is 1. The molecule has 26 heavy (non-hydrogen) atoms. The van der Waals surface area contributed by atoms with Crippen molar-refractivity contribution in [2.24, 2.45) is 4.99 Å². The minimum atomic E-state index is -0.231. The molecule has 1 amide bonds. The molecule has 0 spiro atoms. The molecule has 0 unspecified atom stereocenters. The van der Waals surface area contributed by atoms with Crippen LogP contribution in [0.4, 0.5) is 5.69 Å². The molecule has 1 aliphatic rings. The van der Waals surface area contributed by atoms with Crippen molar-refractivity contribution in [3.05, 3.63) is 60.9 Å². The van der Waals surface area contributed by atoms with Gasteiger partial charge in [0.2, 0.25) is 0 Å². The summed E-state index contributed by atoms with van der Waals surface area (Å²) in [4.78, 5) is 17.2. The van der Waals surface area contributed by atoms with Crippen molar-refractivity contribution >= 4 is 73.7 Å². The van der Waals surface area contributed by atoms with Crippen LogP contribution in [0, 0.1) is 6.92 Å². The van der Waals surface area contributed by atoms with Gasteiger partial charge in [0.25, 0.3) is 5.91 Å². The molecule has 3 rings (SSSR count). The molecule has 1 aliphatic heterocycles. The molecule has 0 saturated carbocycles. The topological polar surface area (TPSA) is 50.7 Å². The molecule has 1 saturated heterocycles. The smallest absolute Gasteiger partial charge is 0.264 e. The number of rotatable bonds is 3. The lowest BCUT2D eigenvalue weighted by Gasteiger charge is -2.08. The molecule has 1 fully saturated rings. The summed E-state index contributed by atoms with van der Waals surface area (Å²) in [7, 11) is 1.56. The number of nitrogens with zero attached hydrogens (tertiary/aromatic N) is 1. The van der Waals surface area contributed by atoms with Crippen LogP contribution >= 0.6 is 50.9 Å². The van der Waals surface area contributed by atoms with Crippen LogP contribution in [0.25, 0.3) is 6.08 Å². The Kier molecular flexibility index (Phi) is 5.97. The Morgan fingerprint density at radius 3 is 2.73 bits per heavy atom. The van der Waals surface area contributed by atoms with E-state index >= 15 is 0 Å². The van der Waals surface area contributed by atoms with Gasteiger partial charge in [-0.1, -0.05) is 29.3 Å². The summed E-state index contributed by atoms with van der Waals surface area (Å²) in [6, 6.07) is 8.96. The lowest BCUT2D eigenvalue weighted by Crippen LogP contribution is -2.19. The number of amidine groups is 1. The highest BCUT2D eigenvalue weighted by molar-refractivity contribution is 9.10. The van der Waals surface area contributed by atoms with Gasteiger partial charge in [-0.2, -0.15) is 0 Å². The van der Waals surface area contributed by atoms with Crippen LogP contribution in [0.1, 0.15) is 11.1 Å². The normalized spacial score (nSPS) is 17.0. The summed E-state index contributed by atoms with van der Waals surface area (Å²) < 4.78 is 6.10. The van der Waals surface area contributed by atoms with Gasteiger partial charge < -0.3 is 10.1 Å². The number of halogens is 3. The fourth-order valence-corrected chi connectivity index (χ4v) is 4.30. The second-order valence-electron chi connectivity index (χ2n) is 5.43.